The molecule has 1 aromatic heterocycles. The highest BCUT2D eigenvalue weighted by Crippen LogP contribution is 2.39. The highest BCUT2D eigenvalue weighted by Gasteiger charge is 2.38. The lowest BCUT2D eigenvalue weighted by atomic mass is 9.97. The van der Waals surface area contributed by atoms with Crippen LogP contribution in [0.3, 0.4) is 0 Å². The summed E-state index contributed by atoms with van der Waals surface area (Å²) in [6.07, 6.45) is 0.718. The predicted molar refractivity (Wildman–Crippen MR) is 90.3 cm³/mol. The van der Waals surface area contributed by atoms with Crippen molar-refractivity contribution in [2.75, 3.05) is 17.6 Å². The van der Waals surface area contributed by atoms with Crippen LogP contribution in [-0.4, -0.2) is 22.3 Å². The van der Waals surface area contributed by atoms with E-state index in [9.17, 15) is 4.79 Å². The largest absolute Gasteiger partial charge is 0.399 e. The van der Waals surface area contributed by atoms with E-state index in [-0.39, 0.29) is 12.1 Å². The summed E-state index contributed by atoms with van der Waals surface area (Å²) in [5.41, 5.74) is 11.5. The number of benzene rings is 2. The van der Waals surface area contributed by atoms with E-state index in [0.717, 1.165) is 23.3 Å². The van der Waals surface area contributed by atoms with Gasteiger partial charge in [-0.05, 0) is 36.2 Å². The second-order valence-corrected chi connectivity index (χ2v) is 6.16. The fourth-order valence-corrected chi connectivity index (χ4v) is 3.78. The molecule has 0 saturated heterocycles. The Morgan fingerprint density at radius 2 is 2.04 bits per heavy atom. The molecule has 2 aliphatic rings. The zero-order chi connectivity index (χ0) is 15.6. The summed E-state index contributed by atoms with van der Waals surface area (Å²) < 4.78 is 0. The molecule has 2 aromatic carbocycles. The summed E-state index contributed by atoms with van der Waals surface area (Å²) >= 11 is 0. The quantitative estimate of drug-likeness (QED) is 0.559. The molecule has 0 fully saturated rings. The molecular formula is C18H16N4O. The molecule has 4 N–H and O–H groups in total. The predicted octanol–water partition coefficient (Wildman–Crippen LogP) is 2.87. The number of carbonyl (C=O) groups is 1. The number of nitrogen functional groups attached to an aromatic ring is 1. The molecule has 3 aromatic rings. The maximum absolute atomic E-state index is 12.8. The van der Waals surface area contributed by atoms with E-state index < -0.39 is 0 Å². The number of aromatic amines is 1. The van der Waals surface area contributed by atoms with Crippen molar-refractivity contribution in [3.63, 3.8) is 0 Å². The second kappa shape index (κ2) is 4.29. The lowest BCUT2D eigenvalue weighted by molar-refractivity contribution is 0.0667. The zero-order valence-corrected chi connectivity index (χ0v) is 12.5. The number of aromatic nitrogens is 1. The first-order valence-electron chi connectivity index (χ1n) is 7.79. The van der Waals surface area contributed by atoms with E-state index in [1.165, 1.54) is 10.9 Å². The number of H-pyrrole nitrogens is 1. The number of hydrogen-bond donors (Lipinski definition) is 3. The SMILES string of the molecule is Nc1ccc2c(c1)C(=O)N1CCc3c([nH]c4ccccc34)C1N2. The third-order valence-corrected chi connectivity index (χ3v) is 4.86. The van der Waals surface area contributed by atoms with Crippen LogP contribution in [0.2, 0.25) is 0 Å². The smallest absolute Gasteiger partial charge is 0.257 e. The average Bonchev–Trinajstić information content (AvgIpc) is 2.95. The first-order valence-corrected chi connectivity index (χ1v) is 7.79. The van der Waals surface area contributed by atoms with Gasteiger partial charge in [-0.1, -0.05) is 18.2 Å². The minimum Gasteiger partial charge on any atom is -0.399 e. The Morgan fingerprint density at radius 1 is 1.17 bits per heavy atom. The van der Waals surface area contributed by atoms with Crippen molar-refractivity contribution < 1.29 is 4.79 Å². The van der Waals surface area contributed by atoms with Gasteiger partial charge in [0.2, 0.25) is 0 Å². The highest BCUT2D eigenvalue weighted by atomic mass is 16.2. The van der Waals surface area contributed by atoms with Crippen molar-refractivity contribution in [3.8, 4) is 0 Å². The number of fused-ring (bicyclic) bond motifs is 6. The topological polar surface area (TPSA) is 74.2 Å². The molecule has 114 valence electrons. The molecule has 0 bridgehead atoms. The van der Waals surface area contributed by atoms with Gasteiger partial charge in [-0.2, -0.15) is 0 Å². The van der Waals surface area contributed by atoms with Gasteiger partial charge in [0, 0.05) is 28.8 Å². The van der Waals surface area contributed by atoms with Crippen LogP contribution >= 0.6 is 0 Å². The van der Waals surface area contributed by atoms with Crippen LogP contribution in [0.25, 0.3) is 10.9 Å². The van der Waals surface area contributed by atoms with Crippen molar-refractivity contribution in [2.45, 2.75) is 12.6 Å². The number of nitrogens with two attached hydrogens (primary N) is 1. The molecule has 5 nitrogen and oxygen atoms in total. The van der Waals surface area contributed by atoms with E-state index in [0.29, 0.717) is 17.8 Å². The molecule has 0 spiro atoms. The van der Waals surface area contributed by atoms with Gasteiger partial charge in [0.1, 0.15) is 6.17 Å². The molecule has 1 amide bonds. The molecule has 1 unspecified atom stereocenters. The second-order valence-electron chi connectivity index (χ2n) is 6.16. The van der Waals surface area contributed by atoms with Crippen molar-refractivity contribution in [1.29, 1.82) is 0 Å². The Balaban J connectivity index is 1.69. The Morgan fingerprint density at radius 3 is 2.96 bits per heavy atom. The van der Waals surface area contributed by atoms with E-state index in [4.69, 9.17) is 5.73 Å². The summed E-state index contributed by atoms with van der Waals surface area (Å²) in [6.45, 7) is 0.708. The lowest BCUT2D eigenvalue weighted by Crippen LogP contribution is -2.46. The van der Waals surface area contributed by atoms with Gasteiger partial charge >= 0.3 is 0 Å². The van der Waals surface area contributed by atoms with E-state index >= 15 is 0 Å². The summed E-state index contributed by atoms with van der Waals surface area (Å²) in [5, 5.41) is 4.74. The first kappa shape index (κ1) is 12.6. The van der Waals surface area contributed by atoms with Gasteiger partial charge in [0.15, 0.2) is 0 Å². The molecule has 2 aliphatic heterocycles. The number of para-hydroxylation sites is 1. The Hall–Kier alpha value is -2.95. The van der Waals surface area contributed by atoms with Crippen molar-refractivity contribution in [3.05, 3.63) is 59.3 Å². The van der Waals surface area contributed by atoms with Crippen molar-refractivity contribution in [2.24, 2.45) is 0 Å². The van der Waals surface area contributed by atoms with Crippen LogP contribution in [0, 0.1) is 0 Å². The molecule has 23 heavy (non-hydrogen) atoms. The van der Waals surface area contributed by atoms with Gasteiger partial charge in [-0.3, -0.25) is 4.79 Å². The van der Waals surface area contributed by atoms with Gasteiger partial charge in [-0.15, -0.1) is 0 Å². The van der Waals surface area contributed by atoms with Crippen LogP contribution in [0.15, 0.2) is 42.5 Å². The van der Waals surface area contributed by atoms with Gasteiger partial charge in [0.05, 0.1) is 11.3 Å². The molecule has 1 atom stereocenters. The monoisotopic (exact) mass is 304 g/mol. The first-order chi connectivity index (χ1) is 11.2. The molecule has 5 rings (SSSR count). The molecule has 0 radical (unpaired) electrons. The van der Waals surface area contributed by atoms with Crippen molar-refractivity contribution >= 4 is 28.2 Å². The number of nitrogens with zero attached hydrogens (tertiary/aromatic N) is 1. The van der Waals surface area contributed by atoms with Crippen LogP contribution in [0.4, 0.5) is 11.4 Å². The number of hydrogen-bond acceptors (Lipinski definition) is 3. The molecule has 5 heteroatoms. The zero-order valence-electron chi connectivity index (χ0n) is 12.5. The third-order valence-electron chi connectivity index (χ3n) is 4.86. The molecular weight excluding hydrogens is 288 g/mol. The summed E-state index contributed by atoms with van der Waals surface area (Å²) in [5.74, 6) is 0.0420. The Labute approximate surface area is 133 Å². The summed E-state index contributed by atoms with van der Waals surface area (Å²) in [4.78, 5) is 18.2. The minimum absolute atomic E-state index is 0.0420. The highest BCUT2D eigenvalue weighted by molar-refractivity contribution is 6.03. The Bertz CT molecular complexity index is 959. The maximum atomic E-state index is 12.8. The fraction of sp³-hybridized carbons (Fsp3) is 0.167. The van der Waals surface area contributed by atoms with Crippen LogP contribution < -0.4 is 11.1 Å². The van der Waals surface area contributed by atoms with Crippen LogP contribution in [0.5, 0.6) is 0 Å². The number of rotatable bonds is 0. The summed E-state index contributed by atoms with van der Waals surface area (Å²) in [7, 11) is 0. The van der Waals surface area contributed by atoms with Crippen LogP contribution in [-0.2, 0) is 6.42 Å². The standard InChI is InChI=1S/C18H16N4O/c19-10-5-6-15-13(9-10)18(23)22-8-7-12-11-3-1-2-4-14(11)20-16(12)17(22)21-15/h1-6,9,17,20-21H,7-8,19H2. The van der Waals surface area contributed by atoms with Crippen molar-refractivity contribution in [1.82, 2.24) is 9.88 Å². The van der Waals surface area contributed by atoms with Gasteiger partial charge in [0.25, 0.3) is 5.91 Å². The van der Waals surface area contributed by atoms with E-state index in [1.807, 2.05) is 23.1 Å². The maximum Gasteiger partial charge on any atom is 0.257 e. The average molecular weight is 304 g/mol. The molecule has 0 aliphatic carbocycles. The van der Waals surface area contributed by atoms with E-state index in [2.05, 4.69) is 28.5 Å². The minimum atomic E-state index is -0.144. The number of amides is 1. The number of carbonyl (C=O) groups excluding carboxylic acids is 1. The number of nitrogens with one attached hydrogen (secondary N) is 2. The Kier molecular flexibility index (Phi) is 2.34. The van der Waals surface area contributed by atoms with Gasteiger partial charge < -0.3 is 20.9 Å². The van der Waals surface area contributed by atoms with Gasteiger partial charge in [-0.25, -0.2) is 0 Å². The normalized spacial score (nSPS) is 19.0. The summed E-state index contributed by atoms with van der Waals surface area (Å²) in [6, 6.07) is 13.8. The van der Waals surface area contributed by atoms with E-state index in [1.54, 1.807) is 6.07 Å². The third kappa shape index (κ3) is 1.64. The molecule has 0 saturated carbocycles. The van der Waals surface area contributed by atoms with Crippen LogP contribution in [0.1, 0.15) is 27.8 Å². The molecule has 3 heterocycles. The fourth-order valence-electron chi connectivity index (χ4n) is 3.78. The number of anilines is 2. The lowest BCUT2D eigenvalue weighted by Gasteiger charge is -2.40.